The van der Waals surface area contributed by atoms with Crippen LogP contribution in [0.1, 0.15) is 26.2 Å². The van der Waals surface area contributed by atoms with Crippen molar-refractivity contribution in [3.05, 3.63) is 0 Å². The van der Waals surface area contributed by atoms with Crippen molar-refractivity contribution < 1.29 is 49.2 Å². The van der Waals surface area contributed by atoms with E-state index in [-0.39, 0.29) is 25.1 Å². The van der Waals surface area contributed by atoms with Gasteiger partial charge in [0.2, 0.25) is 0 Å². The van der Waals surface area contributed by atoms with Gasteiger partial charge in [0.25, 0.3) is 0 Å². The van der Waals surface area contributed by atoms with E-state index in [1.54, 1.807) is 0 Å². The molecule has 0 aromatic rings. The second-order valence-corrected chi connectivity index (χ2v) is 11.6. The third kappa shape index (κ3) is 6.33. The highest BCUT2D eigenvalue weighted by Crippen LogP contribution is 2.38. The molecule has 4 aliphatic rings. The van der Waals surface area contributed by atoms with Crippen molar-refractivity contribution in [2.75, 3.05) is 13.2 Å². The minimum atomic E-state index is -1.49. The van der Waals surface area contributed by atoms with Crippen LogP contribution in [0.4, 0.5) is 0 Å². The molecule has 16 heteroatoms. The predicted molar refractivity (Wildman–Crippen MR) is 139 cm³/mol. The van der Waals surface area contributed by atoms with Crippen LogP contribution in [0.2, 0.25) is 0 Å². The first-order valence-electron chi connectivity index (χ1n) is 14.0. The van der Waals surface area contributed by atoms with Crippen LogP contribution in [-0.4, -0.2) is 143 Å². The molecule has 1 aliphatic carbocycles. The smallest absolute Gasteiger partial charge is 0.187 e. The molecule has 4 fully saturated rings. The van der Waals surface area contributed by atoms with Gasteiger partial charge in [0, 0.05) is 36.6 Å². The van der Waals surface area contributed by atoms with E-state index in [0.717, 1.165) is 0 Å². The van der Waals surface area contributed by atoms with E-state index in [9.17, 15) is 25.5 Å². The number of aliphatic hydroxyl groups is 5. The Morgan fingerprint density at radius 1 is 0.775 bits per heavy atom. The van der Waals surface area contributed by atoms with Crippen LogP contribution in [-0.2, 0) is 23.7 Å². The summed E-state index contributed by atoms with van der Waals surface area (Å²) in [5, 5.41) is 52.7. The van der Waals surface area contributed by atoms with Crippen molar-refractivity contribution >= 4 is 0 Å². The highest BCUT2D eigenvalue weighted by Gasteiger charge is 2.55. The largest absolute Gasteiger partial charge is 0.394 e. The van der Waals surface area contributed by atoms with Gasteiger partial charge < -0.3 is 83.6 Å². The average molecular weight is 581 g/mol. The summed E-state index contributed by atoms with van der Waals surface area (Å²) < 4.78 is 29.7. The summed E-state index contributed by atoms with van der Waals surface area (Å²) in [5.74, 6) is -0.619. The first-order chi connectivity index (χ1) is 18.9. The Hall–Kier alpha value is -0.640. The number of hydrogen-bond acceptors (Lipinski definition) is 16. The van der Waals surface area contributed by atoms with Gasteiger partial charge in [-0.05, 0) is 26.2 Å². The summed E-state index contributed by atoms with van der Waals surface area (Å²) in [5.41, 5.74) is 36.9. The van der Waals surface area contributed by atoms with Crippen LogP contribution in [0, 0.1) is 5.92 Å². The summed E-state index contributed by atoms with van der Waals surface area (Å²) in [6.45, 7) is 1.14. The van der Waals surface area contributed by atoms with Crippen molar-refractivity contribution in [2.24, 2.45) is 40.3 Å². The van der Waals surface area contributed by atoms with Gasteiger partial charge in [-0.2, -0.15) is 0 Å². The van der Waals surface area contributed by atoms with Gasteiger partial charge in [-0.25, -0.2) is 0 Å². The molecule has 1 saturated carbocycles. The minimum Gasteiger partial charge on any atom is -0.394 e. The zero-order valence-corrected chi connectivity index (χ0v) is 22.7. The molecule has 16 nitrogen and oxygen atoms in total. The van der Waals surface area contributed by atoms with Gasteiger partial charge in [0.05, 0.1) is 37.1 Å². The van der Waals surface area contributed by atoms with E-state index < -0.39 is 104 Å². The van der Waals surface area contributed by atoms with Gasteiger partial charge in [-0.3, -0.25) is 0 Å². The van der Waals surface area contributed by atoms with Gasteiger partial charge in [-0.15, -0.1) is 0 Å². The van der Waals surface area contributed by atoms with Crippen molar-refractivity contribution in [3.8, 4) is 0 Å². The number of nitrogens with two attached hydrogens (primary N) is 6. The molecule has 17 N–H and O–H groups in total. The zero-order valence-electron chi connectivity index (χ0n) is 22.7. The predicted octanol–water partition coefficient (Wildman–Crippen LogP) is -6.17. The van der Waals surface area contributed by atoms with Gasteiger partial charge >= 0.3 is 0 Å². The molecule has 0 radical (unpaired) electrons. The van der Waals surface area contributed by atoms with Crippen LogP contribution in [0.15, 0.2) is 0 Å². The summed E-state index contributed by atoms with van der Waals surface area (Å²) in [6, 6.07) is -3.13. The lowest BCUT2D eigenvalue weighted by Crippen LogP contribution is -2.67. The molecular formula is C24H48N6O10. The second-order valence-electron chi connectivity index (χ2n) is 11.6. The molecule has 234 valence electrons. The van der Waals surface area contributed by atoms with Crippen LogP contribution >= 0.6 is 0 Å². The molecule has 0 bridgehead atoms. The lowest BCUT2D eigenvalue weighted by Gasteiger charge is -2.50. The van der Waals surface area contributed by atoms with Crippen molar-refractivity contribution in [1.82, 2.24) is 0 Å². The van der Waals surface area contributed by atoms with Crippen molar-refractivity contribution in [3.63, 3.8) is 0 Å². The molecule has 1 unspecified atom stereocenters. The maximum absolute atomic E-state index is 11.2. The van der Waals surface area contributed by atoms with E-state index in [4.69, 9.17) is 58.1 Å². The molecule has 3 heterocycles. The fourth-order valence-electron chi connectivity index (χ4n) is 6.29. The molecule has 0 aromatic carbocycles. The Balaban J connectivity index is 1.52. The van der Waals surface area contributed by atoms with Crippen LogP contribution in [0.3, 0.4) is 0 Å². The highest BCUT2D eigenvalue weighted by atomic mass is 16.7. The molecule has 0 spiro atoms. The molecule has 0 aromatic heterocycles. The van der Waals surface area contributed by atoms with Gasteiger partial charge in [0.1, 0.15) is 36.6 Å². The van der Waals surface area contributed by atoms with Gasteiger partial charge in [0.15, 0.2) is 12.6 Å². The monoisotopic (exact) mass is 580 g/mol. The quantitative estimate of drug-likeness (QED) is 0.127. The first-order valence-corrected chi connectivity index (χ1v) is 14.0. The van der Waals surface area contributed by atoms with Crippen molar-refractivity contribution in [1.29, 1.82) is 0 Å². The Labute approximate surface area is 233 Å². The average Bonchev–Trinajstić information content (AvgIpc) is 3.21. The summed E-state index contributed by atoms with van der Waals surface area (Å²) in [6.07, 6.45) is -11.7. The topological polar surface area (TPSA) is 303 Å². The molecular weight excluding hydrogens is 532 g/mol. The van der Waals surface area contributed by atoms with E-state index in [0.29, 0.717) is 12.8 Å². The minimum absolute atomic E-state index is 0.125. The molecule has 3 saturated heterocycles. The maximum atomic E-state index is 11.2. The third-order valence-electron chi connectivity index (χ3n) is 8.73. The standard InChI is InChI=1S/C24H48N6O10/c1-7(26)11-3-2-8(27)20(36-11)14-9(28)4-10(29)16(32)22(14)40-24-19(35)21(13(6-31)38-24)39-23-15(30)18(34)17(33)12(5-25)37-23/h7-24,31-35H,2-6,25-30H2,1H3/t7-,8+,9-,10+,11-,12-,13+,14?,15+,16-,17+,18+,19+,20-,21+,22-,23+,24-/m0/s1. The van der Waals surface area contributed by atoms with Crippen molar-refractivity contribution in [2.45, 2.75) is 130 Å². The number of ether oxygens (including phenoxy) is 5. The molecule has 0 amide bonds. The van der Waals surface area contributed by atoms with E-state index in [1.165, 1.54) is 0 Å². The first kappa shape index (κ1) is 32.3. The summed E-state index contributed by atoms with van der Waals surface area (Å²) >= 11 is 0. The summed E-state index contributed by atoms with van der Waals surface area (Å²) in [4.78, 5) is 0. The Morgan fingerprint density at radius 3 is 2.05 bits per heavy atom. The third-order valence-corrected chi connectivity index (χ3v) is 8.73. The Morgan fingerprint density at radius 2 is 1.43 bits per heavy atom. The number of rotatable bonds is 8. The molecule has 3 aliphatic heterocycles. The van der Waals surface area contributed by atoms with Gasteiger partial charge in [-0.1, -0.05) is 0 Å². The second kappa shape index (κ2) is 13.3. The van der Waals surface area contributed by atoms with E-state index in [2.05, 4.69) is 0 Å². The SMILES string of the molecule is C[C@H](N)[C@@H]1CC[C@@H](N)[C@@H](C2[C@@H](N)C[C@@H](N)[C@H](O)[C@H]2O[C@@H]2O[C@H](CO)[C@@H](O[C@H]3O[C@@H](CN)[C@@H](O)[C@H](O)[C@H]3N)[C@H]2O)O1. The van der Waals surface area contributed by atoms with Crippen LogP contribution in [0.25, 0.3) is 0 Å². The number of hydrogen-bond donors (Lipinski definition) is 11. The lowest BCUT2D eigenvalue weighted by molar-refractivity contribution is -0.280. The summed E-state index contributed by atoms with van der Waals surface area (Å²) in [7, 11) is 0. The van der Waals surface area contributed by atoms with Crippen LogP contribution < -0.4 is 34.4 Å². The maximum Gasteiger partial charge on any atom is 0.187 e. The lowest BCUT2D eigenvalue weighted by atomic mass is 9.72. The number of aliphatic hydroxyl groups excluding tert-OH is 5. The molecule has 4 rings (SSSR count). The zero-order chi connectivity index (χ0) is 29.5. The Bertz CT molecular complexity index is 818. The normalized spacial score (nSPS) is 53.0. The van der Waals surface area contributed by atoms with Crippen LogP contribution in [0.5, 0.6) is 0 Å². The van der Waals surface area contributed by atoms with E-state index >= 15 is 0 Å². The molecule has 40 heavy (non-hydrogen) atoms. The fourth-order valence-corrected chi connectivity index (χ4v) is 6.29. The fraction of sp³-hybridized carbons (Fsp3) is 1.00. The Kier molecular flexibility index (Phi) is 10.8. The van der Waals surface area contributed by atoms with E-state index in [1.807, 2.05) is 6.92 Å². The highest BCUT2D eigenvalue weighted by molar-refractivity contribution is 5.05. The molecule has 18 atom stereocenters.